The van der Waals surface area contributed by atoms with E-state index in [1.54, 1.807) is 12.1 Å². The van der Waals surface area contributed by atoms with Gasteiger partial charge in [0.1, 0.15) is 10.6 Å². The molecule has 0 fully saturated rings. The fourth-order valence-electron chi connectivity index (χ4n) is 2.50. The van der Waals surface area contributed by atoms with E-state index in [0.29, 0.717) is 10.2 Å². The third kappa shape index (κ3) is 4.84. The molecule has 1 N–H and O–H groups in total. The summed E-state index contributed by atoms with van der Waals surface area (Å²) in [5.74, 6) is 0.311. The summed E-state index contributed by atoms with van der Waals surface area (Å²) in [6.45, 7) is 8.27. The fraction of sp³-hybridized carbons (Fsp3) is 0.368. The molecule has 0 amide bonds. The number of ether oxygens (including phenoxy) is 1. The first kappa shape index (κ1) is 19.9. The summed E-state index contributed by atoms with van der Waals surface area (Å²) in [5, 5.41) is 0. The minimum absolute atomic E-state index is 0.0605. The smallest absolute Gasteiger partial charge is 0.244 e. The molecule has 0 aromatic heterocycles. The van der Waals surface area contributed by atoms with Gasteiger partial charge >= 0.3 is 0 Å². The molecule has 2 aromatic carbocycles. The lowest BCUT2D eigenvalue weighted by molar-refractivity contribution is 0.402. The Bertz CT molecular complexity index is 840. The summed E-state index contributed by atoms with van der Waals surface area (Å²) in [7, 11) is -2.26. The van der Waals surface area contributed by atoms with E-state index in [1.807, 2.05) is 31.2 Å². The number of halogens is 1. The zero-order valence-electron chi connectivity index (χ0n) is 15.1. The molecule has 0 saturated heterocycles. The Balaban J connectivity index is 2.27. The number of nitrogens with one attached hydrogen (secondary N) is 1. The second kappa shape index (κ2) is 7.48. The van der Waals surface area contributed by atoms with Gasteiger partial charge in [-0.25, -0.2) is 13.1 Å². The molecule has 0 aliphatic rings. The Hall–Kier alpha value is -1.37. The average molecular weight is 426 g/mol. The van der Waals surface area contributed by atoms with Gasteiger partial charge < -0.3 is 4.74 Å². The van der Waals surface area contributed by atoms with Crippen LogP contribution in [-0.4, -0.2) is 15.5 Å². The molecule has 0 radical (unpaired) electrons. The van der Waals surface area contributed by atoms with E-state index in [4.69, 9.17) is 4.74 Å². The van der Waals surface area contributed by atoms with Crippen LogP contribution in [0.4, 0.5) is 0 Å². The van der Waals surface area contributed by atoms with Gasteiger partial charge in [-0.1, -0.05) is 61.0 Å². The topological polar surface area (TPSA) is 55.4 Å². The van der Waals surface area contributed by atoms with E-state index in [1.165, 1.54) is 18.7 Å². The van der Waals surface area contributed by atoms with Crippen LogP contribution in [0.2, 0.25) is 0 Å². The van der Waals surface area contributed by atoms with Crippen molar-refractivity contribution < 1.29 is 13.2 Å². The van der Waals surface area contributed by atoms with Crippen LogP contribution in [0.15, 0.2) is 51.8 Å². The van der Waals surface area contributed by atoms with Gasteiger partial charge in [0.05, 0.1) is 7.11 Å². The highest BCUT2D eigenvalue weighted by atomic mass is 79.9. The van der Waals surface area contributed by atoms with Crippen molar-refractivity contribution in [1.29, 1.82) is 0 Å². The van der Waals surface area contributed by atoms with Gasteiger partial charge in [0, 0.05) is 10.5 Å². The van der Waals surface area contributed by atoms with Crippen LogP contribution in [0.25, 0.3) is 0 Å². The molecule has 136 valence electrons. The Morgan fingerprint density at radius 1 is 1.08 bits per heavy atom. The molecule has 2 rings (SSSR count). The van der Waals surface area contributed by atoms with Crippen LogP contribution in [0, 0.1) is 0 Å². The molecule has 0 saturated carbocycles. The van der Waals surface area contributed by atoms with E-state index >= 15 is 0 Å². The first-order valence-electron chi connectivity index (χ1n) is 8.01. The van der Waals surface area contributed by atoms with Gasteiger partial charge in [-0.15, -0.1) is 0 Å². The van der Waals surface area contributed by atoms with Gasteiger partial charge in [0.15, 0.2) is 0 Å². The van der Waals surface area contributed by atoms with Crippen LogP contribution < -0.4 is 9.46 Å². The molecule has 1 atom stereocenters. The lowest BCUT2D eigenvalue weighted by atomic mass is 9.86. The van der Waals surface area contributed by atoms with Crippen LogP contribution in [0.5, 0.6) is 5.75 Å². The third-order valence-electron chi connectivity index (χ3n) is 4.02. The summed E-state index contributed by atoms with van der Waals surface area (Å²) in [6.07, 6.45) is 0. The molecule has 4 nitrogen and oxygen atoms in total. The normalized spacial score (nSPS) is 13.5. The maximum atomic E-state index is 12.8. The summed E-state index contributed by atoms with van der Waals surface area (Å²) in [5.41, 5.74) is 2.18. The Kier molecular flexibility index (Phi) is 5.97. The van der Waals surface area contributed by atoms with Crippen LogP contribution in [0.1, 0.15) is 44.9 Å². The number of rotatable bonds is 5. The second-order valence-corrected chi connectivity index (χ2v) is 9.61. The Morgan fingerprint density at radius 3 is 2.20 bits per heavy atom. The van der Waals surface area contributed by atoms with Crippen molar-refractivity contribution in [2.45, 2.75) is 44.0 Å². The molecular formula is C19H24BrNO3S. The number of methoxy groups -OCH3 is 1. The monoisotopic (exact) mass is 425 g/mol. The highest BCUT2D eigenvalue weighted by Crippen LogP contribution is 2.29. The van der Waals surface area contributed by atoms with Gasteiger partial charge in [0.2, 0.25) is 10.0 Å². The van der Waals surface area contributed by atoms with Crippen LogP contribution >= 0.6 is 15.9 Å². The SMILES string of the molecule is COc1ccc(Br)cc1S(=O)(=O)N[C@H](C)c1ccc(C(C)(C)C)cc1. The minimum atomic E-state index is -3.72. The first-order chi connectivity index (χ1) is 11.5. The second-order valence-electron chi connectivity index (χ2n) is 7.01. The van der Waals surface area contributed by atoms with E-state index in [9.17, 15) is 8.42 Å². The van der Waals surface area contributed by atoms with E-state index in [2.05, 4.69) is 41.4 Å². The largest absolute Gasteiger partial charge is 0.495 e. The average Bonchev–Trinajstić information content (AvgIpc) is 2.53. The molecule has 2 aromatic rings. The third-order valence-corrected chi connectivity index (χ3v) is 6.08. The van der Waals surface area contributed by atoms with Gasteiger partial charge in [-0.05, 0) is 41.7 Å². The van der Waals surface area contributed by atoms with Crippen molar-refractivity contribution in [3.05, 3.63) is 58.1 Å². The van der Waals surface area contributed by atoms with Crippen molar-refractivity contribution >= 4 is 26.0 Å². The lowest BCUT2D eigenvalue weighted by Gasteiger charge is -2.21. The summed E-state index contributed by atoms with van der Waals surface area (Å²) >= 11 is 3.31. The zero-order chi connectivity index (χ0) is 18.8. The summed E-state index contributed by atoms with van der Waals surface area (Å²) in [4.78, 5) is 0.113. The molecule has 0 spiro atoms. The molecule has 0 aliphatic carbocycles. The quantitative estimate of drug-likeness (QED) is 0.748. The van der Waals surface area contributed by atoms with E-state index < -0.39 is 10.0 Å². The number of hydrogen-bond donors (Lipinski definition) is 1. The Labute approximate surface area is 158 Å². The summed E-state index contributed by atoms with van der Waals surface area (Å²) < 4.78 is 34.1. The van der Waals surface area contributed by atoms with Crippen molar-refractivity contribution in [2.24, 2.45) is 0 Å². The van der Waals surface area contributed by atoms with E-state index in [0.717, 1.165) is 5.56 Å². The molecule has 0 unspecified atom stereocenters. The highest BCUT2D eigenvalue weighted by molar-refractivity contribution is 9.10. The molecule has 0 aliphatic heterocycles. The molecular weight excluding hydrogens is 402 g/mol. The highest BCUT2D eigenvalue weighted by Gasteiger charge is 2.23. The number of hydrogen-bond acceptors (Lipinski definition) is 3. The maximum absolute atomic E-state index is 12.8. The van der Waals surface area contributed by atoms with Crippen LogP contribution in [0.3, 0.4) is 0 Å². The van der Waals surface area contributed by atoms with Crippen molar-refractivity contribution in [3.63, 3.8) is 0 Å². The van der Waals surface area contributed by atoms with Crippen molar-refractivity contribution in [1.82, 2.24) is 4.72 Å². The lowest BCUT2D eigenvalue weighted by Crippen LogP contribution is -2.27. The Morgan fingerprint density at radius 2 is 1.68 bits per heavy atom. The molecule has 0 heterocycles. The standard InChI is InChI=1S/C19H24BrNO3S/c1-13(14-6-8-15(9-7-14)19(2,3)4)21-25(22,23)18-12-16(20)10-11-17(18)24-5/h6-13,21H,1-5H3/t13-/m1/s1. The maximum Gasteiger partial charge on any atom is 0.244 e. The minimum Gasteiger partial charge on any atom is -0.495 e. The van der Waals surface area contributed by atoms with Gasteiger partial charge in [-0.3, -0.25) is 0 Å². The summed E-state index contributed by atoms with van der Waals surface area (Å²) in [6, 6.07) is 12.6. The van der Waals surface area contributed by atoms with Gasteiger partial charge in [-0.2, -0.15) is 0 Å². The van der Waals surface area contributed by atoms with E-state index in [-0.39, 0.29) is 16.4 Å². The zero-order valence-corrected chi connectivity index (χ0v) is 17.5. The fourth-order valence-corrected chi connectivity index (χ4v) is 4.44. The van der Waals surface area contributed by atoms with Gasteiger partial charge in [0.25, 0.3) is 0 Å². The van der Waals surface area contributed by atoms with Crippen molar-refractivity contribution in [2.75, 3.05) is 7.11 Å². The number of sulfonamides is 1. The molecule has 6 heteroatoms. The predicted octanol–water partition coefficient (Wildman–Crippen LogP) is 4.79. The molecule has 25 heavy (non-hydrogen) atoms. The molecule has 0 bridgehead atoms. The first-order valence-corrected chi connectivity index (χ1v) is 10.3. The predicted molar refractivity (Wildman–Crippen MR) is 105 cm³/mol. The van der Waals surface area contributed by atoms with Crippen LogP contribution in [-0.2, 0) is 15.4 Å². The number of benzene rings is 2. The van der Waals surface area contributed by atoms with Crippen molar-refractivity contribution in [3.8, 4) is 5.75 Å².